The number of cyclic esters (lactones) is 1. The Morgan fingerprint density at radius 2 is 1.78 bits per heavy atom. The normalized spacial score (nSPS) is 19.6. The number of likely N-dealkylation sites (tertiary alicyclic amines) is 1. The Labute approximate surface area is 187 Å². The molecule has 168 valence electrons. The third-order valence-corrected chi connectivity index (χ3v) is 5.97. The van der Waals surface area contributed by atoms with E-state index in [1.165, 1.54) is 0 Å². The highest BCUT2D eigenvalue weighted by Crippen LogP contribution is 2.24. The number of nitrogens with one attached hydrogen (secondary N) is 1. The SMILES string of the molecule is N=C(N)c1ccc(N2C[C@@H](CN3CCC(C(=O)OCc4ccccc4)CC3)OC2=O)cc1. The van der Waals surface area contributed by atoms with Crippen LogP contribution in [0.5, 0.6) is 0 Å². The number of anilines is 1. The molecule has 2 aliphatic rings. The second-order valence-corrected chi connectivity index (χ2v) is 8.25. The van der Waals surface area contributed by atoms with Gasteiger partial charge in [0.15, 0.2) is 0 Å². The molecule has 3 N–H and O–H groups in total. The molecule has 0 saturated carbocycles. The fourth-order valence-electron chi connectivity index (χ4n) is 4.13. The maximum Gasteiger partial charge on any atom is 0.414 e. The number of nitrogen functional groups attached to an aromatic ring is 1. The Morgan fingerprint density at radius 1 is 1.09 bits per heavy atom. The van der Waals surface area contributed by atoms with Crippen molar-refractivity contribution in [3.05, 3.63) is 65.7 Å². The van der Waals surface area contributed by atoms with Crippen LogP contribution in [0.15, 0.2) is 54.6 Å². The van der Waals surface area contributed by atoms with Gasteiger partial charge in [-0.2, -0.15) is 0 Å². The summed E-state index contributed by atoms with van der Waals surface area (Å²) in [4.78, 5) is 28.6. The van der Waals surface area contributed by atoms with Gasteiger partial charge in [-0.1, -0.05) is 30.3 Å². The summed E-state index contributed by atoms with van der Waals surface area (Å²) in [6.45, 7) is 2.96. The molecule has 2 fully saturated rings. The molecular formula is C24H28N4O4. The average molecular weight is 437 g/mol. The number of rotatable bonds is 7. The maximum atomic E-state index is 12.4. The first kappa shape index (κ1) is 21.8. The second kappa shape index (κ2) is 9.82. The van der Waals surface area contributed by atoms with E-state index in [-0.39, 0.29) is 29.9 Å². The lowest BCUT2D eigenvalue weighted by atomic mass is 9.97. The number of ether oxygens (including phenoxy) is 2. The number of hydrogen-bond acceptors (Lipinski definition) is 6. The minimum Gasteiger partial charge on any atom is -0.461 e. The number of nitrogens with zero attached hydrogens (tertiary/aromatic N) is 2. The highest BCUT2D eigenvalue weighted by Gasteiger charge is 2.35. The lowest BCUT2D eigenvalue weighted by Gasteiger charge is -2.31. The predicted octanol–water partition coefficient (Wildman–Crippen LogP) is 2.75. The lowest BCUT2D eigenvalue weighted by molar-refractivity contribution is -0.151. The van der Waals surface area contributed by atoms with E-state index in [1.807, 2.05) is 30.3 Å². The van der Waals surface area contributed by atoms with Crippen LogP contribution in [0.1, 0.15) is 24.0 Å². The first-order valence-corrected chi connectivity index (χ1v) is 10.8. The standard InChI is InChI=1S/C24H28N4O4/c25-22(26)18-6-8-20(9-7-18)28-15-21(32-24(28)30)14-27-12-10-19(11-13-27)23(29)31-16-17-4-2-1-3-5-17/h1-9,19,21H,10-16H2,(H3,25,26)/t21-/m1/s1. The van der Waals surface area contributed by atoms with Gasteiger partial charge >= 0.3 is 12.1 Å². The van der Waals surface area contributed by atoms with Gasteiger partial charge in [0.25, 0.3) is 0 Å². The molecule has 2 aromatic rings. The van der Waals surface area contributed by atoms with Crippen LogP contribution >= 0.6 is 0 Å². The Balaban J connectivity index is 1.22. The number of amidine groups is 1. The summed E-state index contributed by atoms with van der Waals surface area (Å²) in [6, 6.07) is 16.7. The highest BCUT2D eigenvalue weighted by molar-refractivity contribution is 5.96. The van der Waals surface area contributed by atoms with Gasteiger partial charge in [0.1, 0.15) is 18.5 Å². The average Bonchev–Trinajstić information content (AvgIpc) is 3.18. The van der Waals surface area contributed by atoms with Crippen molar-refractivity contribution in [3.63, 3.8) is 0 Å². The number of esters is 1. The van der Waals surface area contributed by atoms with Crippen molar-refractivity contribution in [2.24, 2.45) is 11.7 Å². The molecule has 2 heterocycles. The molecule has 0 bridgehead atoms. The third kappa shape index (κ3) is 5.26. The first-order chi connectivity index (χ1) is 15.5. The zero-order valence-electron chi connectivity index (χ0n) is 17.9. The van der Waals surface area contributed by atoms with Gasteiger partial charge in [-0.15, -0.1) is 0 Å². The third-order valence-electron chi connectivity index (χ3n) is 5.97. The van der Waals surface area contributed by atoms with Gasteiger partial charge < -0.3 is 15.2 Å². The van der Waals surface area contributed by atoms with E-state index in [4.69, 9.17) is 20.6 Å². The van der Waals surface area contributed by atoms with Crippen molar-refractivity contribution in [1.82, 2.24) is 4.90 Å². The zero-order valence-corrected chi connectivity index (χ0v) is 17.9. The fraction of sp³-hybridized carbons (Fsp3) is 0.375. The van der Waals surface area contributed by atoms with E-state index in [2.05, 4.69) is 4.90 Å². The summed E-state index contributed by atoms with van der Waals surface area (Å²) >= 11 is 0. The van der Waals surface area contributed by atoms with Crippen molar-refractivity contribution in [2.75, 3.05) is 31.1 Å². The topological polar surface area (TPSA) is 109 Å². The van der Waals surface area contributed by atoms with Gasteiger partial charge in [-0.3, -0.25) is 20.0 Å². The summed E-state index contributed by atoms with van der Waals surface area (Å²) in [5, 5.41) is 7.47. The summed E-state index contributed by atoms with van der Waals surface area (Å²) in [7, 11) is 0. The molecule has 0 spiro atoms. The Bertz CT molecular complexity index is 956. The molecule has 2 aromatic carbocycles. The van der Waals surface area contributed by atoms with Crippen LogP contribution in [0.4, 0.5) is 10.5 Å². The van der Waals surface area contributed by atoms with Crippen LogP contribution in [0.25, 0.3) is 0 Å². The molecule has 4 rings (SSSR count). The fourth-order valence-corrected chi connectivity index (χ4v) is 4.13. The Morgan fingerprint density at radius 3 is 2.44 bits per heavy atom. The molecule has 0 aliphatic carbocycles. The van der Waals surface area contributed by atoms with E-state index in [9.17, 15) is 9.59 Å². The summed E-state index contributed by atoms with van der Waals surface area (Å²) in [5.74, 6) is -0.232. The lowest BCUT2D eigenvalue weighted by Crippen LogP contribution is -2.41. The van der Waals surface area contributed by atoms with Gasteiger partial charge in [0.2, 0.25) is 0 Å². The van der Waals surface area contributed by atoms with Crippen LogP contribution in [0.2, 0.25) is 0 Å². The second-order valence-electron chi connectivity index (χ2n) is 8.25. The zero-order chi connectivity index (χ0) is 22.5. The van der Waals surface area contributed by atoms with E-state index in [0.717, 1.165) is 37.2 Å². The molecule has 0 radical (unpaired) electrons. The van der Waals surface area contributed by atoms with Crippen LogP contribution < -0.4 is 10.6 Å². The van der Waals surface area contributed by atoms with Crippen LogP contribution in [0, 0.1) is 11.3 Å². The molecule has 32 heavy (non-hydrogen) atoms. The summed E-state index contributed by atoms with van der Waals surface area (Å²) in [5.41, 5.74) is 7.81. The van der Waals surface area contributed by atoms with Gasteiger partial charge in [-0.05, 0) is 55.8 Å². The smallest absolute Gasteiger partial charge is 0.414 e. The van der Waals surface area contributed by atoms with Crippen molar-refractivity contribution < 1.29 is 19.1 Å². The van der Waals surface area contributed by atoms with Crippen molar-refractivity contribution >= 4 is 23.6 Å². The molecule has 8 nitrogen and oxygen atoms in total. The Kier molecular flexibility index (Phi) is 6.70. The number of carbonyl (C=O) groups excluding carboxylic acids is 2. The van der Waals surface area contributed by atoms with Crippen molar-refractivity contribution in [2.45, 2.75) is 25.6 Å². The van der Waals surface area contributed by atoms with E-state index < -0.39 is 0 Å². The molecule has 0 aromatic heterocycles. The minimum atomic E-state index is -0.370. The van der Waals surface area contributed by atoms with Gasteiger partial charge in [-0.25, -0.2) is 4.79 Å². The number of piperidine rings is 1. The quantitative estimate of drug-likeness (QED) is 0.392. The largest absolute Gasteiger partial charge is 0.461 e. The molecule has 1 amide bonds. The predicted molar refractivity (Wildman–Crippen MR) is 120 cm³/mol. The maximum absolute atomic E-state index is 12.4. The molecular weight excluding hydrogens is 408 g/mol. The van der Waals surface area contributed by atoms with Gasteiger partial charge in [0, 0.05) is 17.8 Å². The number of benzene rings is 2. The van der Waals surface area contributed by atoms with E-state index >= 15 is 0 Å². The monoisotopic (exact) mass is 436 g/mol. The number of nitrogens with two attached hydrogens (primary N) is 1. The summed E-state index contributed by atoms with van der Waals surface area (Å²) in [6.07, 6.45) is 0.885. The molecule has 1 atom stereocenters. The van der Waals surface area contributed by atoms with Gasteiger partial charge in [0.05, 0.1) is 12.5 Å². The highest BCUT2D eigenvalue weighted by atomic mass is 16.6. The van der Waals surface area contributed by atoms with Crippen LogP contribution in [0.3, 0.4) is 0 Å². The molecule has 2 saturated heterocycles. The number of hydrogen-bond donors (Lipinski definition) is 2. The summed E-state index contributed by atoms with van der Waals surface area (Å²) < 4.78 is 11.0. The number of carbonyl (C=O) groups is 2. The molecule has 0 unspecified atom stereocenters. The van der Waals surface area contributed by atoms with E-state index in [1.54, 1.807) is 29.2 Å². The van der Waals surface area contributed by atoms with Crippen LogP contribution in [-0.4, -0.2) is 55.1 Å². The molecule has 2 aliphatic heterocycles. The van der Waals surface area contributed by atoms with Crippen molar-refractivity contribution in [1.29, 1.82) is 5.41 Å². The van der Waals surface area contributed by atoms with E-state index in [0.29, 0.717) is 25.3 Å². The molecule has 8 heteroatoms. The number of amides is 1. The first-order valence-electron chi connectivity index (χ1n) is 10.8. The van der Waals surface area contributed by atoms with Crippen LogP contribution in [-0.2, 0) is 20.9 Å². The Hall–Kier alpha value is -3.39. The van der Waals surface area contributed by atoms with Crippen molar-refractivity contribution in [3.8, 4) is 0 Å². The minimum absolute atomic E-state index is 0.00854.